The number of hydrogen-bond donors (Lipinski definition) is 0. The minimum absolute atomic E-state index is 0.334. The lowest BCUT2D eigenvalue weighted by atomic mass is 9.97. The van der Waals surface area contributed by atoms with Gasteiger partial charge in [-0.2, -0.15) is 0 Å². The summed E-state index contributed by atoms with van der Waals surface area (Å²) in [6.07, 6.45) is 0.747. The predicted molar refractivity (Wildman–Crippen MR) is 79.3 cm³/mol. The third-order valence-electron chi connectivity index (χ3n) is 3.41. The Kier molecular flexibility index (Phi) is 4.38. The molecule has 4 heteroatoms. The number of carbonyl (C=O) groups is 2. The zero-order valence-electron chi connectivity index (χ0n) is 12.2. The van der Waals surface area contributed by atoms with Gasteiger partial charge in [0.15, 0.2) is 0 Å². The molecule has 0 saturated carbocycles. The highest BCUT2D eigenvalue weighted by molar-refractivity contribution is 5.97. The smallest absolute Gasteiger partial charge is 0.347 e. The van der Waals surface area contributed by atoms with E-state index >= 15 is 0 Å². The van der Waals surface area contributed by atoms with Gasteiger partial charge in [0.05, 0.1) is 7.11 Å². The van der Waals surface area contributed by atoms with Gasteiger partial charge in [-0.1, -0.05) is 18.2 Å². The Hall–Kier alpha value is -2.62. The molecule has 0 aliphatic heterocycles. The van der Waals surface area contributed by atoms with Crippen LogP contribution in [-0.4, -0.2) is 19.4 Å². The maximum Gasteiger partial charge on any atom is 0.347 e. The topological polar surface area (TPSA) is 52.6 Å². The number of esters is 1. The van der Waals surface area contributed by atoms with E-state index in [1.807, 2.05) is 6.07 Å². The first-order valence-corrected chi connectivity index (χ1v) is 6.49. The van der Waals surface area contributed by atoms with Gasteiger partial charge < -0.3 is 9.47 Å². The van der Waals surface area contributed by atoms with Gasteiger partial charge in [-0.15, -0.1) is 0 Å². The van der Waals surface area contributed by atoms with Gasteiger partial charge in [0.2, 0.25) is 0 Å². The van der Waals surface area contributed by atoms with E-state index in [1.165, 1.54) is 7.11 Å². The number of para-hydroxylation sites is 1. The van der Waals surface area contributed by atoms with E-state index in [4.69, 9.17) is 9.47 Å². The van der Waals surface area contributed by atoms with E-state index in [-0.39, 0.29) is 0 Å². The van der Waals surface area contributed by atoms with Crippen LogP contribution in [0, 0.1) is 13.8 Å². The second-order valence-electron chi connectivity index (χ2n) is 4.61. The average Bonchev–Trinajstić information content (AvgIpc) is 2.50. The van der Waals surface area contributed by atoms with Crippen molar-refractivity contribution in [2.45, 2.75) is 13.8 Å². The van der Waals surface area contributed by atoms with Gasteiger partial charge in [-0.05, 0) is 43.2 Å². The molecular weight excluding hydrogens is 268 g/mol. The van der Waals surface area contributed by atoms with Crippen LogP contribution in [0.2, 0.25) is 0 Å². The fourth-order valence-electron chi connectivity index (χ4n) is 2.09. The van der Waals surface area contributed by atoms with Crippen LogP contribution >= 0.6 is 0 Å². The number of rotatable bonds is 4. The molecule has 0 aliphatic carbocycles. The normalized spacial score (nSPS) is 10.0. The van der Waals surface area contributed by atoms with Crippen molar-refractivity contribution in [3.8, 4) is 11.5 Å². The predicted octanol–water partition coefficient (Wildman–Crippen LogP) is 3.34. The van der Waals surface area contributed by atoms with Crippen LogP contribution < -0.4 is 9.47 Å². The van der Waals surface area contributed by atoms with Crippen LogP contribution in [0.3, 0.4) is 0 Å². The molecule has 0 N–H and O–H groups in total. The monoisotopic (exact) mass is 284 g/mol. The van der Waals surface area contributed by atoms with Gasteiger partial charge in [0.25, 0.3) is 0 Å². The Morgan fingerprint density at radius 3 is 2.33 bits per heavy atom. The van der Waals surface area contributed by atoms with E-state index in [0.29, 0.717) is 28.2 Å². The Bertz CT molecular complexity index is 675. The lowest BCUT2D eigenvalue weighted by molar-refractivity contribution is 0.0730. The van der Waals surface area contributed by atoms with Crippen LogP contribution in [0.1, 0.15) is 31.8 Å². The van der Waals surface area contributed by atoms with Crippen molar-refractivity contribution in [3.63, 3.8) is 0 Å². The SMILES string of the molecule is COc1cc(C=O)c(C)c(C)c1C(=O)Oc1ccccc1. The molecule has 0 unspecified atom stereocenters. The van der Waals surface area contributed by atoms with Crippen molar-refractivity contribution in [1.82, 2.24) is 0 Å². The molecule has 0 bridgehead atoms. The number of ether oxygens (including phenoxy) is 2. The molecule has 4 nitrogen and oxygen atoms in total. The van der Waals surface area contributed by atoms with Crippen LogP contribution in [0.15, 0.2) is 36.4 Å². The zero-order valence-corrected chi connectivity index (χ0v) is 12.2. The van der Waals surface area contributed by atoms with Gasteiger partial charge in [-0.3, -0.25) is 4.79 Å². The second-order valence-corrected chi connectivity index (χ2v) is 4.61. The summed E-state index contributed by atoms with van der Waals surface area (Å²) < 4.78 is 10.6. The summed E-state index contributed by atoms with van der Waals surface area (Å²) in [7, 11) is 1.46. The molecule has 2 aromatic rings. The minimum Gasteiger partial charge on any atom is -0.496 e. The third-order valence-corrected chi connectivity index (χ3v) is 3.41. The summed E-state index contributed by atoms with van der Waals surface area (Å²) in [5.41, 5.74) is 2.26. The molecule has 0 aliphatic rings. The first-order chi connectivity index (χ1) is 10.1. The van der Waals surface area contributed by atoms with Crippen LogP contribution in [0.25, 0.3) is 0 Å². The van der Waals surface area contributed by atoms with Crippen LogP contribution in [0.4, 0.5) is 0 Å². The fourth-order valence-corrected chi connectivity index (χ4v) is 2.09. The van der Waals surface area contributed by atoms with Gasteiger partial charge >= 0.3 is 5.97 Å². The maximum absolute atomic E-state index is 12.4. The summed E-state index contributed by atoms with van der Waals surface area (Å²) in [4.78, 5) is 23.4. The van der Waals surface area contributed by atoms with E-state index in [0.717, 1.165) is 11.8 Å². The third kappa shape index (κ3) is 2.94. The maximum atomic E-state index is 12.4. The first-order valence-electron chi connectivity index (χ1n) is 6.49. The molecule has 2 aromatic carbocycles. The number of hydrogen-bond acceptors (Lipinski definition) is 4. The van der Waals surface area contributed by atoms with Crippen LogP contribution in [0.5, 0.6) is 11.5 Å². The largest absolute Gasteiger partial charge is 0.496 e. The molecule has 0 spiro atoms. The van der Waals surface area contributed by atoms with E-state index < -0.39 is 5.97 Å². The Morgan fingerprint density at radius 1 is 1.10 bits per heavy atom. The minimum atomic E-state index is -0.504. The summed E-state index contributed by atoms with van der Waals surface area (Å²) in [5, 5.41) is 0. The Labute approximate surface area is 123 Å². The molecule has 0 amide bonds. The molecule has 0 aromatic heterocycles. The van der Waals surface area contributed by atoms with Crippen molar-refractivity contribution >= 4 is 12.3 Å². The molecule has 21 heavy (non-hydrogen) atoms. The molecule has 0 heterocycles. The number of aldehydes is 1. The van der Waals surface area contributed by atoms with Crippen molar-refractivity contribution in [2.24, 2.45) is 0 Å². The molecule has 0 saturated heterocycles. The summed E-state index contributed by atoms with van der Waals surface area (Å²) in [6, 6.07) is 10.4. The number of benzene rings is 2. The molecule has 108 valence electrons. The van der Waals surface area contributed by atoms with E-state index in [9.17, 15) is 9.59 Å². The van der Waals surface area contributed by atoms with Crippen molar-refractivity contribution in [1.29, 1.82) is 0 Å². The van der Waals surface area contributed by atoms with Crippen molar-refractivity contribution in [2.75, 3.05) is 7.11 Å². The summed E-state index contributed by atoms with van der Waals surface area (Å²) >= 11 is 0. The lowest BCUT2D eigenvalue weighted by Gasteiger charge is -2.14. The Morgan fingerprint density at radius 2 is 1.76 bits per heavy atom. The highest BCUT2D eigenvalue weighted by Crippen LogP contribution is 2.28. The average molecular weight is 284 g/mol. The van der Waals surface area contributed by atoms with Gasteiger partial charge in [0.1, 0.15) is 23.3 Å². The fraction of sp³-hybridized carbons (Fsp3) is 0.176. The van der Waals surface area contributed by atoms with Gasteiger partial charge in [0, 0.05) is 5.56 Å². The number of carbonyl (C=O) groups excluding carboxylic acids is 2. The van der Waals surface area contributed by atoms with Gasteiger partial charge in [-0.25, -0.2) is 4.79 Å². The van der Waals surface area contributed by atoms with Crippen molar-refractivity contribution in [3.05, 3.63) is 58.7 Å². The first kappa shape index (κ1) is 14.8. The quantitative estimate of drug-likeness (QED) is 0.491. The molecule has 0 fully saturated rings. The summed E-state index contributed by atoms with van der Waals surface area (Å²) in [5.74, 6) is 0.290. The Balaban J connectivity index is 2.45. The highest BCUT2D eigenvalue weighted by atomic mass is 16.5. The molecule has 2 rings (SSSR count). The van der Waals surface area contributed by atoms with Crippen molar-refractivity contribution < 1.29 is 19.1 Å². The second kappa shape index (κ2) is 6.22. The lowest BCUT2D eigenvalue weighted by Crippen LogP contribution is -2.13. The molecule has 0 atom stereocenters. The molecule has 0 radical (unpaired) electrons. The standard InChI is InChI=1S/C17H16O4/c1-11-12(2)16(15(20-3)9-13(11)10-18)17(19)21-14-7-5-4-6-8-14/h4-10H,1-3H3. The zero-order chi connectivity index (χ0) is 15.4. The highest BCUT2D eigenvalue weighted by Gasteiger charge is 2.21. The van der Waals surface area contributed by atoms with E-state index in [2.05, 4.69) is 0 Å². The van der Waals surface area contributed by atoms with Crippen LogP contribution in [-0.2, 0) is 0 Å². The van der Waals surface area contributed by atoms with E-state index in [1.54, 1.807) is 44.2 Å². The number of methoxy groups -OCH3 is 1. The molecular formula is C17H16O4. The summed E-state index contributed by atoms with van der Waals surface area (Å²) in [6.45, 7) is 3.56.